The van der Waals surface area contributed by atoms with Crippen LogP contribution in [0.15, 0.2) is 12.1 Å². The topological polar surface area (TPSA) is 69.6 Å². The number of aryl methyl sites for hydroxylation is 1. The summed E-state index contributed by atoms with van der Waals surface area (Å²) < 4.78 is 0. The van der Waals surface area contributed by atoms with E-state index in [1.807, 2.05) is 26.8 Å². The quantitative estimate of drug-likeness (QED) is 0.764. The molecule has 1 rings (SSSR count). The van der Waals surface area contributed by atoms with Crippen LogP contribution in [-0.4, -0.2) is 28.8 Å². The molecule has 1 atom stereocenters. The number of amides is 1. The molecule has 4 nitrogen and oxygen atoms in total. The Kier molecular flexibility index (Phi) is 5.36. The number of benzene rings is 1. The van der Waals surface area contributed by atoms with Crippen molar-refractivity contribution >= 4 is 5.91 Å². The molecule has 3 N–H and O–H groups in total. The number of phenols is 1. The summed E-state index contributed by atoms with van der Waals surface area (Å²) in [6.07, 6.45) is 0.0864. The van der Waals surface area contributed by atoms with Crippen LogP contribution < -0.4 is 5.32 Å². The molecule has 0 aliphatic carbocycles. The largest absolute Gasteiger partial charge is 0.507 e. The van der Waals surface area contributed by atoms with E-state index >= 15 is 0 Å². The van der Waals surface area contributed by atoms with Gasteiger partial charge < -0.3 is 15.5 Å². The Labute approximate surface area is 114 Å². The van der Waals surface area contributed by atoms with Crippen LogP contribution in [0.4, 0.5) is 0 Å². The number of nitrogens with one attached hydrogen (secondary N) is 1. The fraction of sp³-hybridized carbons (Fsp3) is 0.533. The molecule has 0 radical (unpaired) electrons. The minimum absolute atomic E-state index is 0.0295. The highest BCUT2D eigenvalue weighted by Gasteiger charge is 2.15. The van der Waals surface area contributed by atoms with E-state index in [2.05, 4.69) is 5.32 Å². The number of carbonyl (C=O) groups is 1. The summed E-state index contributed by atoms with van der Waals surface area (Å²) in [5.74, 6) is -0.106. The smallest absolute Gasteiger partial charge is 0.255 e. The second kappa shape index (κ2) is 6.57. The maximum atomic E-state index is 11.9. The van der Waals surface area contributed by atoms with Crippen molar-refractivity contribution in [3.05, 3.63) is 28.8 Å². The standard InChI is InChI=1S/C15H23NO3/c1-9(2)13(17)7-8-16-15(19)12-6-5-10(3)11(4)14(12)18/h5-6,9,13,17-18H,7-8H2,1-4H3,(H,16,19). The van der Waals surface area contributed by atoms with Crippen LogP contribution in [0, 0.1) is 19.8 Å². The van der Waals surface area contributed by atoms with Crippen LogP contribution in [0.1, 0.15) is 41.8 Å². The minimum atomic E-state index is -0.423. The Balaban J connectivity index is 2.62. The number of carbonyl (C=O) groups excluding carboxylic acids is 1. The van der Waals surface area contributed by atoms with E-state index in [9.17, 15) is 15.0 Å². The minimum Gasteiger partial charge on any atom is -0.507 e. The molecule has 0 aliphatic rings. The van der Waals surface area contributed by atoms with Crippen LogP contribution >= 0.6 is 0 Å². The van der Waals surface area contributed by atoms with Gasteiger partial charge in [-0.05, 0) is 43.4 Å². The Morgan fingerprint density at radius 2 is 1.95 bits per heavy atom. The third-order valence-corrected chi connectivity index (χ3v) is 3.44. The molecule has 0 fully saturated rings. The first-order chi connectivity index (χ1) is 8.84. The Hall–Kier alpha value is -1.55. The van der Waals surface area contributed by atoms with E-state index in [1.165, 1.54) is 0 Å². The van der Waals surface area contributed by atoms with Crippen LogP contribution in [0.3, 0.4) is 0 Å². The molecular weight excluding hydrogens is 242 g/mol. The predicted molar refractivity (Wildman–Crippen MR) is 75.4 cm³/mol. The van der Waals surface area contributed by atoms with Gasteiger partial charge in [0.15, 0.2) is 0 Å². The van der Waals surface area contributed by atoms with Crippen molar-refractivity contribution in [2.75, 3.05) is 6.54 Å². The molecule has 1 unspecified atom stereocenters. The Morgan fingerprint density at radius 3 is 2.53 bits per heavy atom. The summed E-state index contributed by atoms with van der Waals surface area (Å²) in [6.45, 7) is 7.92. The molecule has 0 aliphatic heterocycles. The van der Waals surface area contributed by atoms with E-state index in [0.29, 0.717) is 13.0 Å². The van der Waals surface area contributed by atoms with Crippen LogP contribution in [-0.2, 0) is 0 Å². The van der Waals surface area contributed by atoms with Gasteiger partial charge in [0.1, 0.15) is 5.75 Å². The van der Waals surface area contributed by atoms with Crippen molar-refractivity contribution in [2.45, 2.75) is 40.2 Å². The van der Waals surface area contributed by atoms with Gasteiger partial charge >= 0.3 is 0 Å². The second-order valence-corrected chi connectivity index (χ2v) is 5.26. The lowest BCUT2D eigenvalue weighted by atomic mass is 10.0. The van der Waals surface area contributed by atoms with Crippen molar-refractivity contribution < 1.29 is 15.0 Å². The summed E-state index contributed by atoms with van der Waals surface area (Å²) in [4.78, 5) is 11.9. The molecule has 0 aromatic heterocycles. The fourth-order valence-corrected chi connectivity index (χ4v) is 1.75. The second-order valence-electron chi connectivity index (χ2n) is 5.26. The van der Waals surface area contributed by atoms with Crippen LogP contribution in [0.2, 0.25) is 0 Å². The van der Waals surface area contributed by atoms with E-state index in [4.69, 9.17) is 0 Å². The first-order valence-corrected chi connectivity index (χ1v) is 6.60. The molecule has 0 spiro atoms. The molecule has 1 aromatic rings. The van der Waals surface area contributed by atoms with Crippen molar-refractivity contribution in [3.8, 4) is 5.75 Å². The maximum absolute atomic E-state index is 11.9. The van der Waals surface area contributed by atoms with Crippen molar-refractivity contribution in [1.82, 2.24) is 5.32 Å². The lowest BCUT2D eigenvalue weighted by Crippen LogP contribution is -2.28. The summed E-state index contributed by atoms with van der Waals surface area (Å²) in [5.41, 5.74) is 1.95. The first kappa shape index (κ1) is 15.5. The maximum Gasteiger partial charge on any atom is 0.255 e. The highest BCUT2D eigenvalue weighted by atomic mass is 16.3. The number of rotatable bonds is 5. The van der Waals surface area contributed by atoms with E-state index < -0.39 is 6.10 Å². The normalized spacial score (nSPS) is 12.5. The number of hydrogen-bond donors (Lipinski definition) is 3. The van der Waals surface area contributed by atoms with Crippen molar-refractivity contribution in [1.29, 1.82) is 0 Å². The SMILES string of the molecule is Cc1ccc(C(=O)NCCC(O)C(C)C)c(O)c1C. The number of aliphatic hydroxyl groups excluding tert-OH is 1. The molecule has 0 heterocycles. The third-order valence-electron chi connectivity index (χ3n) is 3.44. The average Bonchev–Trinajstić information content (AvgIpc) is 2.35. The Bertz CT molecular complexity index is 455. The van der Waals surface area contributed by atoms with Crippen LogP contribution in [0.25, 0.3) is 0 Å². The first-order valence-electron chi connectivity index (χ1n) is 6.60. The number of aromatic hydroxyl groups is 1. The van der Waals surface area contributed by atoms with Gasteiger partial charge in [-0.25, -0.2) is 0 Å². The lowest BCUT2D eigenvalue weighted by Gasteiger charge is -2.15. The van der Waals surface area contributed by atoms with Crippen molar-refractivity contribution in [2.24, 2.45) is 5.92 Å². The highest BCUT2D eigenvalue weighted by molar-refractivity contribution is 5.97. The lowest BCUT2D eigenvalue weighted by molar-refractivity contribution is 0.0917. The summed E-state index contributed by atoms with van der Waals surface area (Å²) in [6, 6.07) is 3.43. The van der Waals surface area contributed by atoms with Gasteiger partial charge in [0.2, 0.25) is 0 Å². The van der Waals surface area contributed by atoms with Gasteiger partial charge in [-0.1, -0.05) is 19.9 Å². The molecule has 4 heteroatoms. The summed E-state index contributed by atoms with van der Waals surface area (Å²) in [7, 11) is 0. The van der Waals surface area contributed by atoms with Crippen LogP contribution in [0.5, 0.6) is 5.75 Å². The van der Waals surface area contributed by atoms with Gasteiger partial charge in [0, 0.05) is 6.54 Å². The molecule has 1 aromatic carbocycles. The summed E-state index contributed by atoms with van der Waals surface area (Å²) in [5, 5.41) is 22.3. The zero-order valence-electron chi connectivity index (χ0n) is 12.0. The molecule has 106 valence electrons. The van der Waals surface area contributed by atoms with E-state index in [0.717, 1.165) is 11.1 Å². The fourth-order valence-electron chi connectivity index (χ4n) is 1.75. The zero-order valence-corrected chi connectivity index (χ0v) is 12.0. The third kappa shape index (κ3) is 3.96. The zero-order chi connectivity index (χ0) is 14.6. The van der Waals surface area contributed by atoms with E-state index in [1.54, 1.807) is 13.0 Å². The molecule has 0 saturated heterocycles. The number of hydrogen-bond acceptors (Lipinski definition) is 3. The molecule has 0 saturated carbocycles. The van der Waals surface area contributed by atoms with Gasteiger partial charge in [-0.15, -0.1) is 0 Å². The number of aliphatic hydroxyl groups is 1. The predicted octanol–water partition coefficient (Wildman–Crippen LogP) is 2.15. The Morgan fingerprint density at radius 1 is 1.32 bits per heavy atom. The van der Waals surface area contributed by atoms with Gasteiger partial charge in [0.05, 0.1) is 11.7 Å². The van der Waals surface area contributed by atoms with Crippen molar-refractivity contribution in [3.63, 3.8) is 0 Å². The van der Waals surface area contributed by atoms with Gasteiger partial charge in [0.25, 0.3) is 5.91 Å². The monoisotopic (exact) mass is 265 g/mol. The average molecular weight is 265 g/mol. The summed E-state index contributed by atoms with van der Waals surface area (Å²) >= 11 is 0. The molecule has 1 amide bonds. The van der Waals surface area contributed by atoms with E-state index in [-0.39, 0.29) is 23.1 Å². The molecular formula is C15H23NO3. The highest BCUT2D eigenvalue weighted by Crippen LogP contribution is 2.24. The molecule has 19 heavy (non-hydrogen) atoms. The molecule has 0 bridgehead atoms. The van der Waals surface area contributed by atoms with Gasteiger partial charge in [-0.2, -0.15) is 0 Å². The number of phenolic OH excluding ortho intramolecular Hbond substituents is 1. The van der Waals surface area contributed by atoms with Gasteiger partial charge in [-0.3, -0.25) is 4.79 Å².